The van der Waals surface area contributed by atoms with E-state index in [1.54, 1.807) is 12.1 Å². The first-order chi connectivity index (χ1) is 8.27. The van der Waals surface area contributed by atoms with Gasteiger partial charge < -0.3 is 10.0 Å². The second kappa shape index (κ2) is 5.71. The lowest BCUT2D eigenvalue weighted by molar-refractivity contribution is 0.0697. The summed E-state index contributed by atoms with van der Waals surface area (Å²) >= 11 is 0. The van der Waals surface area contributed by atoms with Gasteiger partial charge in [0.1, 0.15) is 0 Å². The summed E-state index contributed by atoms with van der Waals surface area (Å²) in [5.41, 5.74) is 1.51. The summed E-state index contributed by atoms with van der Waals surface area (Å²) in [5.74, 6) is -0.857. The zero-order valence-electron chi connectivity index (χ0n) is 10.1. The fourth-order valence-electron chi connectivity index (χ4n) is 2.32. The van der Waals surface area contributed by atoms with Crippen molar-refractivity contribution >= 4 is 11.7 Å². The van der Waals surface area contributed by atoms with Crippen LogP contribution in [0.15, 0.2) is 24.3 Å². The Kier molecular flexibility index (Phi) is 4.02. The lowest BCUT2D eigenvalue weighted by atomic mass is 10.1. The Balaban J connectivity index is 2.06. The molecule has 0 radical (unpaired) electrons. The average molecular weight is 233 g/mol. The summed E-state index contributed by atoms with van der Waals surface area (Å²) in [6.07, 6.45) is 6.45. The first-order valence-corrected chi connectivity index (χ1v) is 6.36. The molecule has 3 nitrogen and oxygen atoms in total. The molecule has 1 fully saturated rings. The third-order valence-corrected chi connectivity index (χ3v) is 3.34. The topological polar surface area (TPSA) is 40.5 Å². The molecule has 1 aliphatic rings. The van der Waals surface area contributed by atoms with Crippen LogP contribution in [-0.4, -0.2) is 24.2 Å². The van der Waals surface area contributed by atoms with Crippen molar-refractivity contribution in [1.82, 2.24) is 0 Å². The van der Waals surface area contributed by atoms with Gasteiger partial charge in [0.05, 0.1) is 5.56 Å². The standard InChI is InChI=1S/C14H19NO2/c16-14(17)12-6-8-13(9-7-12)15-10-4-2-1-3-5-11-15/h6-9H,1-5,10-11H2,(H,16,17). The van der Waals surface area contributed by atoms with E-state index in [9.17, 15) is 4.79 Å². The van der Waals surface area contributed by atoms with E-state index in [1.807, 2.05) is 12.1 Å². The van der Waals surface area contributed by atoms with Crippen LogP contribution in [0.1, 0.15) is 42.5 Å². The van der Waals surface area contributed by atoms with Gasteiger partial charge in [-0.1, -0.05) is 19.3 Å². The summed E-state index contributed by atoms with van der Waals surface area (Å²) in [4.78, 5) is 13.1. The highest BCUT2D eigenvalue weighted by Crippen LogP contribution is 2.19. The van der Waals surface area contributed by atoms with Crippen LogP contribution in [0.3, 0.4) is 0 Å². The summed E-state index contributed by atoms with van der Waals surface area (Å²) in [6, 6.07) is 7.23. The van der Waals surface area contributed by atoms with Crippen LogP contribution >= 0.6 is 0 Å². The Labute approximate surface area is 102 Å². The molecule has 1 N–H and O–H groups in total. The van der Waals surface area contributed by atoms with E-state index in [2.05, 4.69) is 4.90 Å². The number of hydrogen-bond donors (Lipinski definition) is 1. The van der Waals surface area contributed by atoms with Crippen LogP contribution in [0.2, 0.25) is 0 Å². The molecule has 2 rings (SSSR count). The normalized spacial score (nSPS) is 17.3. The van der Waals surface area contributed by atoms with Gasteiger partial charge in [-0.2, -0.15) is 0 Å². The van der Waals surface area contributed by atoms with Crippen molar-refractivity contribution in [3.8, 4) is 0 Å². The van der Waals surface area contributed by atoms with Gasteiger partial charge >= 0.3 is 5.97 Å². The predicted molar refractivity (Wildman–Crippen MR) is 68.7 cm³/mol. The summed E-state index contributed by atoms with van der Waals surface area (Å²) in [6.45, 7) is 2.18. The molecule has 17 heavy (non-hydrogen) atoms. The first-order valence-electron chi connectivity index (χ1n) is 6.36. The van der Waals surface area contributed by atoms with E-state index in [1.165, 1.54) is 32.1 Å². The minimum Gasteiger partial charge on any atom is -0.478 e. The smallest absolute Gasteiger partial charge is 0.335 e. The summed E-state index contributed by atoms with van der Waals surface area (Å²) < 4.78 is 0. The molecule has 1 saturated heterocycles. The Hall–Kier alpha value is -1.51. The quantitative estimate of drug-likeness (QED) is 0.853. The van der Waals surface area contributed by atoms with E-state index in [-0.39, 0.29) is 0 Å². The second-order valence-electron chi connectivity index (χ2n) is 4.61. The Bertz CT molecular complexity index is 364. The van der Waals surface area contributed by atoms with Crippen LogP contribution < -0.4 is 4.90 Å². The number of rotatable bonds is 2. The lowest BCUT2D eigenvalue weighted by Crippen LogP contribution is -2.26. The SMILES string of the molecule is O=C(O)c1ccc(N2CCCCCCC2)cc1. The highest BCUT2D eigenvalue weighted by atomic mass is 16.4. The average Bonchev–Trinajstić information content (AvgIpc) is 2.29. The zero-order chi connectivity index (χ0) is 12.1. The van der Waals surface area contributed by atoms with Gasteiger partial charge in [0.2, 0.25) is 0 Å². The molecule has 3 heteroatoms. The lowest BCUT2D eigenvalue weighted by Gasteiger charge is -2.26. The second-order valence-corrected chi connectivity index (χ2v) is 4.61. The molecular formula is C14H19NO2. The van der Waals surface area contributed by atoms with Crippen LogP contribution in [0.25, 0.3) is 0 Å². The fraction of sp³-hybridized carbons (Fsp3) is 0.500. The molecule has 0 bridgehead atoms. The molecule has 0 amide bonds. The van der Waals surface area contributed by atoms with Gasteiger partial charge in [0.15, 0.2) is 0 Å². The molecule has 0 aliphatic carbocycles. The van der Waals surface area contributed by atoms with Gasteiger partial charge in [0.25, 0.3) is 0 Å². The highest BCUT2D eigenvalue weighted by molar-refractivity contribution is 5.88. The number of hydrogen-bond acceptors (Lipinski definition) is 2. The molecule has 0 spiro atoms. The van der Waals surface area contributed by atoms with Crippen LogP contribution in [0, 0.1) is 0 Å². The van der Waals surface area contributed by atoms with E-state index in [0.717, 1.165) is 18.8 Å². The van der Waals surface area contributed by atoms with Gasteiger partial charge in [-0.15, -0.1) is 0 Å². The summed E-state index contributed by atoms with van der Waals surface area (Å²) in [7, 11) is 0. The number of benzene rings is 1. The summed E-state index contributed by atoms with van der Waals surface area (Å²) in [5, 5.41) is 8.85. The van der Waals surface area contributed by atoms with Crippen molar-refractivity contribution in [2.45, 2.75) is 32.1 Å². The fourth-order valence-corrected chi connectivity index (χ4v) is 2.32. The maximum Gasteiger partial charge on any atom is 0.335 e. The van der Waals surface area contributed by atoms with Crippen LogP contribution in [0.5, 0.6) is 0 Å². The number of nitrogens with zero attached hydrogens (tertiary/aromatic N) is 1. The number of aromatic carboxylic acids is 1. The van der Waals surface area contributed by atoms with E-state index in [4.69, 9.17) is 5.11 Å². The first kappa shape index (κ1) is 12.0. The van der Waals surface area contributed by atoms with E-state index in [0.29, 0.717) is 5.56 Å². The molecule has 0 saturated carbocycles. The third kappa shape index (κ3) is 3.22. The van der Waals surface area contributed by atoms with Crippen molar-refractivity contribution < 1.29 is 9.90 Å². The zero-order valence-corrected chi connectivity index (χ0v) is 10.1. The molecule has 0 aromatic heterocycles. The highest BCUT2D eigenvalue weighted by Gasteiger charge is 2.09. The minimum atomic E-state index is -0.857. The number of carboxylic acids is 1. The molecular weight excluding hydrogens is 214 g/mol. The Morgan fingerprint density at radius 1 is 0.941 bits per heavy atom. The largest absolute Gasteiger partial charge is 0.478 e. The predicted octanol–water partition coefficient (Wildman–Crippen LogP) is 3.16. The van der Waals surface area contributed by atoms with Gasteiger partial charge in [0, 0.05) is 18.8 Å². The third-order valence-electron chi connectivity index (χ3n) is 3.34. The maximum absolute atomic E-state index is 10.8. The van der Waals surface area contributed by atoms with Crippen molar-refractivity contribution in [2.75, 3.05) is 18.0 Å². The van der Waals surface area contributed by atoms with E-state index >= 15 is 0 Å². The molecule has 1 aromatic carbocycles. The molecule has 0 atom stereocenters. The van der Waals surface area contributed by atoms with Crippen LogP contribution in [0.4, 0.5) is 5.69 Å². The minimum absolute atomic E-state index is 0.362. The van der Waals surface area contributed by atoms with Crippen LogP contribution in [-0.2, 0) is 0 Å². The molecule has 92 valence electrons. The van der Waals surface area contributed by atoms with Crippen molar-refractivity contribution in [3.05, 3.63) is 29.8 Å². The van der Waals surface area contributed by atoms with Gasteiger partial charge in [-0.25, -0.2) is 4.79 Å². The molecule has 1 heterocycles. The van der Waals surface area contributed by atoms with Gasteiger partial charge in [-0.3, -0.25) is 0 Å². The number of carboxylic acid groups (broad SMARTS) is 1. The molecule has 1 aliphatic heterocycles. The Morgan fingerprint density at radius 3 is 2.00 bits per heavy atom. The van der Waals surface area contributed by atoms with E-state index < -0.39 is 5.97 Å². The molecule has 1 aromatic rings. The number of anilines is 1. The maximum atomic E-state index is 10.8. The number of carbonyl (C=O) groups is 1. The van der Waals surface area contributed by atoms with Crippen molar-refractivity contribution in [1.29, 1.82) is 0 Å². The van der Waals surface area contributed by atoms with Gasteiger partial charge in [-0.05, 0) is 37.1 Å². The van der Waals surface area contributed by atoms with Crippen molar-refractivity contribution in [3.63, 3.8) is 0 Å². The monoisotopic (exact) mass is 233 g/mol. The Morgan fingerprint density at radius 2 is 1.47 bits per heavy atom. The van der Waals surface area contributed by atoms with Crippen molar-refractivity contribution in [2.24, 2.45) is 0 Å². The molecule has 0 unspecified atom stereocenters.